The molecule has 0 amide bonds. The molecule has 1 fully saturated rings. The first-order chi connectivity index (χ1) is 17.0. The summed E-state index contributed by atoms with van der Waals surface area (Å²) in [7, 11) is 1.38. The smallest absolute Gasteiger partial charge is 0.302 e. The summed E-state index contributed by atoms with van der Waals surface area (Å²) in [5.74, 6) is -0.825. The second kappa shape index (κ2) is 10.0. The van der Waals surface area contributed by atoms with Crippen LogP contribution in [0.15, 0.2) is 51.7 Å². The Hall–Kier alpha value is -3.26. The lowest BCUT2D eigenvalue weighted by molar-refractivity contribution is -0.305. The molecule has 5 unspecified atom stereocenters. The zero-order valence-corrected chi connectivity index (χ0v) is 19.3. The van der Waals surface area contributed by atoms with Crippen LogP contribution in [-0.4, -0.2) is 82.0 Å². The third kappa shape index (κ3) is 5.00. The van der Waals surface area contributed by atoms with E-state index in [-0.39, 0.29) is 34.8 Å². The fourth-order valence-electron chi connectivity index (χ4n) is 3.94. The lowest BCUT2D eigenvalue weighted by atomic mass is 9.93. The van der Waals surface area contributed by atoms with Crippen molar-refractivity contribution in [2.75, 3.05) is 13.7 Å². The van der Waals surface area contributed by atoms with Crippen molar-refractivity contribution >= 4 is 16.9 Å². The normalized spacial score (nSPS) is 31.9. The molecule has 4 rings (SSSR count). The van der Waals surface area contributed by atoms with Crippen LogP contribution in [0, 0.1) is 0 Å². The summed E-state index contributed by atoms with van der Waals surface area (Å²) in [5, 5.41) is 51.6. The number of benzene rings is 1. The molecule has 0 saturated carbocycles. The van der Waals surface area contributed by atoms with E-state index in [0.29, 0.717) is 0 Å². The first-order valence-electron chi connectivity index (χ1n) is 11.0. The summed E-state index contributed by atoms with van der Waals surface area (Å²) in [6.07, 6.45) is -2.76. The Labute approximate surface area is 204 Å². The lowest BCUT2D eigenvalue weighted by Crippen LogP contribution is -2.59. The molecule has 2 aromatic rings. The first kappa shape index (κ1) is 25.8. The van der Waals surface area contributed by atoms with E-state index in [4.69, 9.17) is 23.4 Å². The Morgan fingerprint density at radius 2 is 1.78 bits per heavy atom. The van der Waals surface area contributed by atoms with Gasteiger partial charge in [0, 0.05) is 25.1 Å². The summed E-state index contributed by atoms with van der Waals surface area (Å²) in [6, 6.07) is 3.72. The Kier molecular flexibility index (Phi) is 7.18. The fourth-order valence-corrected chi connectivity index (χ4v) is 3.94. The minimum absolute atomic E-state index is 0.00745. The topological polar surface area (TPSA) is 185 Å². The van der Waals surface area contributed by atoms with Crippen LogP contribution in [0.25, 0.3) is 11.0 Å². The van der Waals surface area contributed by atoms with Crippen LogP contribution in [0.1, 0.15) is 12.7 Å². The molecule has 12 heteroatoms. The average molecular weight is 506 g/mol. The molecule has 2 aliphatic rings. The highest BCUT2D eigenvalue weighted by Gasteiger charge is 2.45. The third-order valence-electron chi connectivity index (χ3n) is 5.90. The van der Waals surface area contributed by atoms with Crippen LogP contribution in [0.4, 0.5) is 0 Å². The van der Waals surface area contributed by atoms with Crippen molar-refractivity contribution in [1.29, 1.82) is 0 Å². The Morgan fingerprint density at radius 1 is 1.08 bits per heavy atom. The van der Waals surface area contributed by atoms with Crippen molar-refractivity contribution in [2.45, 2.75) is 49.3 Å². The van der Waals surface area contributed by atoms with Gasteiger partial charge < -0.3 is 48.9 Å². The van der Waals surface area contributed by atoms with Crippen LogP contribution in [-0.2, 0) is 24.6 Å². The highest BCUT2D eigenvalue weighted by atomic mass is 16.7. The van der Waals surface area contributed by atoms with Crippen molar-refractivity contribution in [3.8, 4) is 11.5 Å². The maximum atomic E-state index is 12.6. The number of phenolic OH excluding ortho intramolecular Hbond substituents is 1. The number of ether oxygens (including phenoxy) is 4. The van der Waals surface area contributed by atoms with Gasteiger partial charge in [0.05, 0.1) is 13.2 Å². The maximum absolute atomic E-state index is 12.6. The standard InChI is InChI=1S/C24H26O12/c1-11(25)33-10-17-20(28)21(29)22(30)23(36-17)34-12-3-5-24(31,6-4-12)18-9-15(27)19-14(26)7-13(32-2)8-16(19)35-18/h3-9,12,17,20-23,26,28-31H,10H2,1-2H3. The zero-order valence-electron chi connectivity index (χ0n) is 19.3. The number of rotatable bonds is 6. The van der Waals surface area contributed by atoms with Gasteiger partial charge in [-0.05, 0) is 12.2 Å². The van der Waals surface area contributed by atoms with E-state index in [9.17, 15) is 35.1 Å². The summed E-state index contributed by atoms with van der Waals surface area (Å²) in [5.41, 5.74) is -2.41. The SMILES string of the molecule is COc1cc(O)c2c(=O)cc(C3(O)C=CC(OC4OC(COC(C)=O)C(O)C(O)C4O)C=C3)oc2c1. The van der Waals surface area contributed by atoms with Gasteiger partial charge in [0.25, 0.3) is 0 Å². The zero-order chi connectivity index (χ0) is 26.2. The number of phenols is 1. The minimum Gasteiger partial charge on any atom is -0.507 e. The monoisotopic (exact) mass is 506 g/mol. The lowest BCUT2D eigenvalue weighted by Gasteiger charge is -2.41. The van der Waals surface area contributed by atoms with Gasteiger partial charge in [-0.2, -0.15) is 0 Å². The Bertz CT molecular complexity index is 1230. The molecule has 0 radical (unpaired) electrons. The predicted octanol–water partition coefficient (Wildman–Crippen LogP) is -0.423. The predicted molar refractivity (Wildman–Crippen MR) is 121 cm³/mol. The van der Waals surface area contributed by atoms with Crippen molar-refractivity contribution in [3.63, 3.8) is 0 Å². The average Bonchev–Trinajstić information content (AvgIpc) is 2.84. The van der Waals surface area contributed by atoms with Gasteiger partial charge in [-0.15, -0.1) is 0 Å². The van der Waals surface area contributed by atoms with Crippen molar-refractivity contribution in [3.05, 3.63) is 58.5 Å². The summed E-state index contributed by atoms with van der Waals surface area (Å²) >= 11 is 0. The largest absolute Gasteiger partial charge is 0.507 e. The molecule has 194 valence electrons. The van der Waals surface area contributed by atoms with Crippen molar-refractivity contribution in [1.82, 2.24) is 0 Å². The first-order valence-corrected chi connectivity index (χ1v) is 11.0. The van der Waals surface area contributed by atoms with Crippen molar-refractivity contribution in [2.24, 2.45) is 0 Å². The number of hydrogen-bond acceptors (Lipinski definition) is 12. The molecular formula is C24H26O12. The molecule has 0 bridgehead atoms. The van der Waals surface area contributed by atoms with E-state index in [2.05, 4.69) is 0 Å². The van der Waals surface area contributed by atoms with E-state index in [0.717, 1.165) is 6.07 Å². The molecule has 2 heterocycles. The fraction of sp³-hybridized carbons (Fsp3) is 0.417. The molecule has 0 spiro atoms. The quantitative estimate of drug-likeness (QED) is 0.252. The van der Waals surface area contributed by atoms with Gasteiger partial charge in [0.2, 0.25) is 0 Å². The number of aliphatic hydroxyl groups excluding tert-OH is 3. The van der Waals surface area contributed by atoms with Gasteiger partial charge in [-0.1, -0.05) is 12.2 Å². The van der Waals surface area contributed by atoms with Gasteiger partial charge in [-0.3, -0.25) is 9.59 Å². The number of fused-ring (bicyclic) bond motifs is 1. The van der Waals surface area contributed by atoms with Crippen LogP contribution in [0.5, 0.6) is 11.5 Å². The highest BCUT2D eigenvalue weighted by Crippen LogP contribution is 2.34. The number of carbonyl (C=O) groups is 1. The van der Waals surface area contributed by atoms with Gasteiger partial charge >= 0.3 is 5.97 Å². The second-order valence-electron chi connectivity index (χ2n) is 8.46. The minimum atomic E-state index is -1.84. The van der Waals surface area contributed by atoms with E-state index in [1.807, 2.05) is 0 Å². The number of aromatic hydroxyl groups is 1. The number of methoxy groups -OCH3 is 1. The molecule has 1 saturated heterocycles. The van der Waals surface area contributed by atoms with Crippen LogP contribution < -0.4 is 10.2 Å². The summed E-state index contributed by atoms with van der Waals surface area (Å²) in [6.45, 7) is 0.807. The molecular weight excluding hydrogens is 480 g/mol. The Balaban J connectivity index is 1.52. The van der Waals surface area contributed by atoms with E-state index in [1.165, 1.54) is 50.5 Å². The molecule has 1 aliphatic carbocycles. The molecule has 5 atom stereocenters. The molecule has 5 N–H and O–H groups in total. The number of hydrogen-bond donors (Lipinski definition) is 5. The van der Waals surface area contributed by atoms with E-state index >= 15 is 0 Å². The molecule has 36 heavy (non-hydrogen) atoms. The molecule has 1 aliphatic heterocycles. The maximum Gasteiger partial charge on any atom is 0.302 e. The second-order valence-corrected chi connectivity index (χ2v) is 8.46. The molecule has 12 nitrogen and oxygen atoms in total. The van der Waals surface area contributed by atoms with Crippen LogP contribution in [0.3, 0.4) is 0 Å². The van der Waals surface area contributed by atoms with Gasteiger partial charge in [-0.25, -0.2) is 0 Å². The number of carbonyl (C=O) groups excluding carboxylic acids is 1. The van der Waals surface area contributed by atoms with Gasteiger partial charge in [0.1, 0.15) is 59.3 Å². The van der Waals surface area contributed by atoms with E-state index in [1.54, 1.807) is 0 Å². The Morgan fingerprint density at radius 3 is 2.42 bits per heavy atom. The van der Waals surface area contributed by atoms with Gasteiger partial charge in [0.15, 0.2) is 17.3 Å². The van der Waals surface area contributed by atoms with Crippen LogP contribution in [0.2, 0.25) is 0 Å². The van der Waals surface area contributed by atoms with Crippen molar-refractivity contribution < 1.29 is 53.7 Å². The third-order valence-corrected chi connectivity index (χ3v) is 5.90. The van der Waals surface area contributed by atoms with E-state index < -0.39 is 53.8 Å². The molecule has 1 aromatic heterocycles. The number of esters is 1. The number of aliphatic hydroxyl groups is 4. The summed E-state index contributed by atoms with van der Waals surface area (Å²) < 4.78 is 26.7. The van der Waals surface area contributed by atoms with Crippen LogP contribution >= 0.6 is 0 Å². The molecule has 1 aromatic carbocycles. The summed E-state index contributed by atoms with van der Waals surface area (Å²) in [4.78, 5) is 23.7. The highest BCUT2D eigenvalue weighted by molar-refractivity contribution is 5.84.